The van der Waals surface area contributed by atoms with E-state index in [1.807, 2.05) is 37.3 Å². The Hall–Kier alpha value is -2.94. The van der Waals surface area contributed by atoms with Gasteiger partial charge in [-0.25, -0.2) is 4.79 Å². The third-order valence-electron chi connectivity index (χ3n) is 7.02. The van der Waals surface area contributed by atoms with Crippen LogP contribution in [0.25, 0.3) is 0 Å². The van der Waals surface area contributed by atoms with Crippen LogP contribution in [0.1, 0.15) is 84.6 Å². The molecular formula is C29H45N3O6. The van der Waals surface area contributed by atoms with Crippen LogP contribution in [0.4, 0.5) is 0 Å². The highest BCUT2D eigenvalue weighted by Crippen LogP contribution is 2.21. The monoisotopic (exact) mass is 531 g/mol. The lowest BCUT2D eigenvalue weighted by molar-refractivity contribution is -0.159. The van der Waals surface area contributed by atoms with E-state index in [2.05, 4.69) is 22.9 Å². The van der Waals surface area contributed by atoms with E-state index in [1.54, 1.807) is 0 Å². The minimum atomic E-state index is -1.32. The molecule has 212 valence electrons. The molecule has 1 heterocycles. The molecule has 0 aliphatic carbocycles. The summed E-state index contributed by atoms with van der Waals surface area (Å²) in [7, 11) is 0. The average Bonchev–Trinajstić information content (AvgIpc) is 2.88. The molecule has 1 saturated heterocycles. The molecule has 1 aliphatic heterocycles. The maximum atomic E-state index is 13.1. The van der Waals surface area contributed by atoms with Gasteiger partial charge in [-0.05, 0) is 31.7 Å². The molecule has 1 unspecified atom stereocenters. The molecule has 6 atom stereocenters. The molecule has 1 fully saturated rings. The van der Waals surface area contributed by atoms with E-state index >= 15 is 0 Å². The molecule has 0 aromatic heterocycles. The summed E-state index contributed by atoms with van der Waals surface area (Å²) in [5.74, 6) is -2.51. The molecule has 1 aromatic rings. The fourth-order valence-electron chi connectivity index (χ4n) is 4.54. The molecule has 0 radical (unpaired) electrons. The number of cyclic esters (lactones) is 1. The van der Waals surface area contributed by atoms with E-state index < -0.39 is 54.0 Å². The minimum absolute atomic E-state index is 0.128. The summed E-state index contributed by atoms with van der Waals surface area (Å²) in [4.78, 5) is 52.1. The van der Waals surface area contributed by atoms with E-state index in [1.165, 1.54) is 33.1 Å². The van der Waals surface area contributed by atoms with Crippen molar-refractivity contribution >= 4 is 23.7 Å². The zero-order valence-electron chi connectivity index (χ0n) is 23.2. The van der Waals surface area contributed by atoms with Gasteiger partial charge in [0.05, 0.1) is 12.5 Å². The molecule has 1 aromatic carbocycles. The van der Waals surface area contributed by atoms with Crippen molar-refractivity contribution < 1.29 is 29.0 Å². The normalized spacial score (nSPS) is 25.0. The number of amides is 3. The molecule has 0 spiro atoms. The van der Waals surface area contributed by atoms with E-state index in [4.69, 9.17) is 4.74 Å². The third kappa shape index (κ3) is 10.4. The number of hydrogen-bond acceptors (Lipinski definition) is 6. The average molecular weight is 532 g/mol. The first-order chi connectivity index (χ1) is 18.1. The summed E-state index contributed by atoms with van der Waals surface area (Å²) >= 11 is 0. The Morgan fingerprint density at radius 3 is 2.24 bits per heavy atom. The molecule has 38 heavy (non-hydrogen) atoms. The fourth-order valence-corrected chi connectivity index (χ4v) is 4.54. The van der Waals surface area contributed by atoms with Crippen LogP contribution in [0.2, 0.25) is 0 Å². The Kier molecular flexibility index (Phi) is 13.3. The first-order valence-corrected chi connectivity index (χ1v) is 13.9. The number of nitrogens with one attached hydrogen (secondary N) is 3. The van der Waals surface area contributed by atoms with Gasteiger partial charge in [0.25, 0.3) is 0 Å². The molecule has 0 bridgehead atoms. The lowest BCUT2D eigenvalue weighted by Gasteiger charge is -2.28. The van der Waals surface area contributed by atoms with Crippen LogP contribution in [0.5, 0.6) is 0 Å². The van der Waals surface area contributed by atoms with Crippen molar-refractivity contribution in [3.8, 4) is 0 Å². The molecular weight excluding hydrogens is 486 g/mol. The quantitative estimate of drug-likeness (QED) is 0.256. The van der Waals surface area contributed by atoms with Gasteiger partial charge in [0.2, 0.25) is 17.7 Å². The number of ether oxygens (including phenoxy) is 1. The van der Waals surface area contributed by atoms with Crippen LogP contribution in [0, 0.1) is 5.92 Å². The first kappa shape index (κ1) is 31.3. The summed E-state index contributed by atoms with van der Waals surface area (Å²) in [6, 6.07) is 6.03. The number of aliphatic hydroxyl groups is 1. The summed E-state index contributed by atoms with van der Waals surface area (Å²) < 4.78 is 5.75. The molecule has 3 amide bonds. The lowest BCUT2D eigenvalue weighted by atomic mass is 9.94. The number of carbonyl (C=O) groups excluding carboxylic acids is 4. The van der Waals surface area contributed by atoms with Crippen molar-refractivity contribution in [1.29, 1.82) is 0 Å². The van der Waals surface area contributed by atoms with Crippen LogP contribution < -0.4 is 16.0 Å². The third-order valence-corrected chi connectivity index (χ3v) is 7.02. The van der Waals surface area contributed by atoms with Crippen LogP contribution >= 0.6 is 0 Å². The standard InChI is InChI=1S/C29H45N3O6/c1-5-6-7-8-9-11-14-19(2)24-18-25(34)31-23(17-22-15-12-10-13-16-22)28(36)30-20(3)27(35)32-26(21(4)33)29(37)38-24/h10,12-13,15-16,19-21,23-24,26,33H,5-9,11,14,17-18H2,1-4H3,(H,30,36)(H,31,34)(H,32,35)/t19-,20-,21-,23-,24-,26?/m0/s1. The van der Waals surface area contributed by atoms with E-state index in [-0.39, 0.29) is 18.8 Å². The molecule has 4 N–H and O–H groups in total. The summed E-state index contributed by atoms with van der Waals surface area (Å²) in [5.41, 5.74) is 0.850. The molecule has 1 aliphatic rings. The first-order valence-electron chi connectivity index (χ1n) is 13.9. The number of benzene rings is 1. The van der Waals surface area contributed by atoms with Crippen LogP contribution in [0.3, 0.4) is 0 Å². The van der Waals surface area contributed by atoms with Crippen molar-refractivity contribution in [1.82, 2.24) is 16.0 Å². The molecule has 9 nitrogen and oxygen atoms in total. The lowest BCUT2D eigenvalue weighted by Crippen LogP contribution is -2.56. The van der Waals surface area contributed by atoms with Gasteiger partial charge in [-0.1, -0.05) is 82.7 Å². The second-order valence-corrected chi connectivity index (χ2v) is 10.5. The van der Waals surface area contributed by atoms with Gasteiger partial charge < -0.3 is 25.8 Å². The van der Waals surface area contributed by atoms with Crippen LogP contribution in [0.15, 0.2) is 30.3 Å². The number of rotatable bonds is 11. The van der Waals surface area contributed by atoms with Crippen molar-refractivity contribution in [3.05, 3.63) is 35.9 Å². The highest BCUT2D eigenvalue weighted by Gasteiger charge is 2.35. The van der Waals surface area contributed by atoms with Crippen molar-refractivity contribution in [3.63, 3.8) is 0 Å². The number of unbranched alkanes of at least 4 members (excludes halogenated alkanes) is 5. The second-order valence-electron chi connectivity index (χ2n) is 10.5. The van der Waals surface area contributed by atoms with E-state index in [0.717, 1.165) is 31.2 Å². The molecule has 0 saturated carbocycles. The highest BCUT2D eigenvalue weighted by molar-refractivity contribution is 5.94. The number of hydrogen-bond donors (Lipinski definition) is 4. The molecule has 9 heteroatoms. The Morgan fingerprint density at radius 2 is 1.58 bits per heavy atom. The van der Waals surface area contributed by atoms with Gasteiger partial charge in [-0.15, -0.1) is 0 Å². The largest absolute Gasteiger partial charge is 0.460 e. The maximum absolute atomic E-state index is 13.1. The Labute approximate surface area is 226 Å². The molecule has 2 rings (SSSR count). The predicted octanol–water partition coefficient (Wildman–Crippen LogP) is 2.79. The smallest absolute Gasteiger partial charge is 0.331 e. The predicted molar refractivity (Wildman–Crippen MR) is 145 cm³/mol. The van der Waals surface area contributed by atoms with Crippen molar-refractivity contribution in [2.24, 2.45) is 5.92 Å². The summed E-state index contributed by atoms with van der Waals surface area (Å²) in [5, 5.41) is 18.1. The van der Waals surface area contributed by atoms with E-state index in [9.17, 15) is 24.3 Å². The van der Waals surface area contributed by atoms with Crippen LogP contribution in [-0.4, -0.2) is 59.1 Å². The highest BCUT2D eigenvalue weighted by atomic mass is 16.5. The minimum Gasteiger partial charge on any atom is -0.460 e. The Bertz CT molecular complexity index is 907. The van der Waals surface area contributed by atoms with Crippen molar-refractivity contribution in [2.45, 2.75) is 116 Å². The number of esters is 1. The van der Waals surface area contributed by atoms with Gasteiger partial charge in [-0.3, -0.25) is 14.4 Å². The van der Waals surface area contributed by atoms with E-state index in [0.29, 0.717) is 0 Å². The Morgan fingerprint density at radius 1 is 0.921 bits per heavy atom. The SMILES string of the molecule is CCCCCCCC[C@H](C)[C@@H]1CC(=O)N[C@@H](Cc2ccccc2)C(=O)N[C@@H](C)C(=O)NC([C@H](C)O)C(=O)O1. The van der Waals surface area contributed by atoms with Gasteiger partial charge in [-0.2, -0.15) is 0 Å². The fraction of sp³-hybridized carbons (Fsp3) is 0.655. The topological polar surface area (TPSA) is 134 Å². The summed E-state index contributed by atoms with van der Waals surface area (Å²) in [6.07, 6.45) is 5.57. The maximum Gasteiger partial charge on any atom is 0.331 e. The van der Waals surface area contributed by atoms with Gasteiger partial charge >= 0.3 is 5.97 Å². The zero-order chi connectivity index (χ0) is 28.1. The van der Waals surface area contributed by atoms with Crippen molar-refractivity contribution in [2.75, 3.05) is 0 Å². The van der Waals surface area contributed by atoms with Crippen LogP contribution in [-0.2, 0) is 30.3 Å². The second kappa shape index (κ2) is 16.1. The number of carbonyl (C=O) groups is 4. The number of aliphatic hydroxyl groups excluding tert-OH is 1. The van der Waals surface area contributed by atoms with Gasteiger partial charge in [0, 0.05) is 6.42 Å². The van der Waals surface area contributed by atoms with Gasteiger partial charge in [0.1, 0.15) is 18.2 Å². The zero-order valence-corrected chi connectivity index (χ0v) is 23.2. The summed E-state index contributed by atoms with van der Waals surface area (Å²) in [6.45, 7) is 6.96. The Balaban J connectivity index is 2.24. The van der Waals surface area contributed by atoms with Gasteiger partial charge in [0.15, 0.2) is 6.04 Å².